The second-order valence-corrected chi connectivity index (χ2v) is 4.29. The zero-order chi connectivity index (χ0) is 14.7. The summed E-state index contributed by atoms with van der Waals surface area (Å²) in [6.45, 7) is 4.35. The van der Waals surface area contributed by atoms with Gasteiger partial charge in [-0.3, -0.25) is 4.79 Å². The van der Waals surface area contributed by atoms with E-state index in [0.717, 1.165) is 5.69 Å². The number of rotatable bonds is 4. The largest absolute Gasteiger partial charge is 0.478 e. The highest BCUT2D eigenvalue weighted by atomic mass is 16.4. The minimum atomic E-state index is -1.13. The van der Waals surface area contributed by atoms with Crippen LogP contribution in [0.5, 0.6) is 0 Å². The van der Waals surface area contributed by atoms with E-state index in [9.17, 15) is 9.59 Å². The summed E-state index contributed by atoms with van der Waals surface area (Å²) >= 11 is 0. The molecule has 2 N–H and O–H groups in total. The molecule has 6 nitrogen and oxygen atoms in total. The predicted octanol–water partition coefficient (Wildman–Crippen LogP) is 2.16. The SMILES string of the molecule is CCn1nc(C)cc1NC(=O)c1ccccc1C(=O)O. The fourth-order valence-corrected chi connectivity index (χ4v) is 1.94. The highest BCUT2D eigenvalue weighted by Gasteiger charge is 2.17. The molecule has 0 saturated carbocycles. The number of carboxylic acid groups (broad SMARTS) is 1. The Labute approximate surface area is 116 Å². The molecule has 1 amide bonds. The van der Waals surface area contributed by atoms with E-state index in [2.05, 4.69) is 10.4 Å². The van der Waals surface area contributed by atoms with Crippen molar-refractivity contribution in [2.75, 3.05) is 5.32 Å². The van der Waals surface area contributed by atoms with Crippen LogP contribution in [-0.2, 0) is 6.54 Å². The first-order valence-corrected chi connectivity index (χ1v) is 6.21. The highest BCUT2D eigenvalue weighted by Crippen LogP contribution is 2.14. The first kappa shape index (κ1) is 13.8. The van der Waals surface area contributed by atoms with E-state index in [-0.39, 0.29) is 11.1 Å². The van der Waals surface area contributed by atoms with E-state index >= 15 is 0 Å². The van der Waals surface area contributed by atoms with Gasteiger partial charge in [0.15, 0.2) is 0 Å². The van der Waals surface area contributed by atoms with E-state index < -0.39 is 11.9 Å². The molecule has 0 aliphatic carbocycles. The van der Waals surface area contributed by atoms with Gasteiger partial charge >= 0.3 is 5.97 Å². The third-order valence-corrected chi connectivity index (χ3v) is 2.85. The van der Waals surface area contributed by atoms with Gasteiger partial charge in [-0.05, 0) is 26.0 Å². The average molecular weight is 273 g/mol. The molecule has 1 aromatic carbocycles. The number of aromatic nitrogens is 2. The fraction of sp³-hybridized carbons (Fsp3) is 0.214. The zero-order valence-corrected chi connectivity index (χ0v) is 11.3. The lowest BCUT2D eigenvalue weighted by Crippen LogP contribution is -2.18. The van der Waals surface area contributed by atoms with Gasteiger partial charge in [-0.25, -0.2) is 9.48 Å². The Hall–Kier alpha value is -2.63. The summed E-state index contributed by atoms with van der Waals surface area (Å²) in [7, 11) is 0. The van der Waals surface area contributed by atoms with Crippen molar-refractivity contribution >= 4 is 17.7 Å². The van der Waals surface area contributed by atoms with Crippen molar-refractivity contribution in [2.45, 2.75) is 20.4 Å². The van der Waals surface area contributed by atoms with E-state index in [1.807, 2.05) is 13.8 Å². The molecule has 20 heavy (non-hydrogen) atoms. The minimum absolute atomic E-state index is 0.0238. The minimum Gasteiger partial charge on any atom is -0.478 e. The number of nitrogens with zero attached hydrogens (tertiary/aromatic N) is 2. The van der Waals surface area contributed by atoms with Crippen molar-refractivity contribution in [2.24, 2.45) is 0 Å². The standard InChI is InChI=1S/C14H15N3O3/c1-3-17-12(8-9(2)16-17)15-13(18)10-6-4-5-7-11(10)14(19)20/h4-8H,3H2,1-2H3,(H,15,18)(H,19,20). The number of benzene rings is 1. The number of nitrogens with one attached hydrogen (secondary N) is 1. The molecule has 6 heteroatoms. The quantitative estimate of drug-likeness (QED) is 0.894. The smallest absolute Gasteiger partial charge is 0.336 e. The van der Waals surface area contributed by atoms with Gasteiger partial charge in [-0.1, -0.05) is 12.1 Å². The Bertz CT molecular complexity index is 661. The van der Waals surface area contributed by atoms with Gasteiger partial charge in [0.1, 0.15) is 5.82 Å². The predicted molar refractivity (Wildman–Crippen MR) is 74.0 cm³/mol. The molecular formula is C14H15N3O3. The number of hydrogen-bond acceptors (Lipinski definition) is 3. The number of carbonyl (C=O) groups is 2. The third kappa shape index (κ3) is 2.69. The summed E-state index contributed by atoms with van der Waals surface area (Å²) in [6.07, 6.45) is 0. The summed E-state index contributed by atoms with van der Waals surface area (Å²) < 4.78 is 1.65. The molecule has 1 aromatic heterocycles. The van der Waals surface area contributed by atoms with Gasteiger partial charge in [0.2, 0.25) is 0 Å². The maximum Gasteiger partial charge on any atom is 0.336 e. The molecule has 2 rings (SSSR count). The summed E-state index contributed by atoms with van der Waals surface area (Å²) in [5, 5.41) is 16.0. The van der Waals surface area contributed by atoms with Crippen LogP contribution in [0.15, 0.2) is 30.3 Å². The van der Waals surface area contributed by atoms with Crippen LogP contribution in [0, 0.1) is 6.92 Å². The van der Waals surface area contributed by atoms with Crippen molar-refractivity contribution in [3.8, 4) is 0 Å². The molecule has 0 atom stereocenters. The van der Waals surface area contributed by atoms with Gasteiger partial charge < -0.3 is 10.4 Å². The second kappa shape index (κ2) is 5.56. The number of carboxylic acids is 1. The van der Waals surface area contributed by atoms with E-state index in [4.69, 9.17) is 5.11 Å². The van der Waals surface area contributed by atoms with E-state index in [0.29, 0.717) is 12.4 Å². The second-order valence-electron chi connectivity index (χ2n) is 4.29. The van der Waals surface area contributed by atoms with Crippen molar-refractivity contribution in [3.05, 3.63) is 47.2 Å². The lowest BCUT2D eigenvalue weighted by Gasteiger charge is -2.08. The number of aryl methyl sites for hydroxylation is 2. The summed E-state index contributed by atoms with van der Waals surface area (Å²) in [5.74, 6) is -1.04. The van der Waals surface area contributed by atoms with Crippen LogP contribution >= 0.6 is 0 Å². The lowest BCUT2D eigenvalue weighted by molar-refractivity contribution is 0.0692. The lowest BCUT2D eigenvalue weighted by atomic mass is 10.1. The van der Waals surface area contributed by atoms with Crippen LogP contribution in [0.4, 0.5) is 5.82 Å². The first-order valence-electron chi connectivity index (χ1n) is 6.21. The zero-order valence-electron chi connectivity index (χ0n) is 11.3. The van der Waals surface area contributed by atoms with Crippen LogP contribution in [0.1, 0.15) is 33.3 Å². The molecule has 0 spiro atoms. The summed E-state index contributed by atoms with van der Waals surface area (Å²) in [4.78, 5) is 23.3. The Balaban J connectivity index is 2.31. The van der Waals surface area contributed by atoms with Crippen LogP contribution in [0.3, 0.4) is 0 Å². The van der Waals surface area contributed by atoms with E-state index in [1.165, 1.54) is 12.1 Å². The fourth-order valence-electron chi connectivity index (χ4n) is 1.94. The molecule has 0 radical (unpaired) electrons. The monoisotopic (exact) mass is 273 g/mol. The normalized spacial score (nSPS) is 10.3. The van der Waals surface area contributed by atoms with Crippen molar-refractivity contribution in [1.29, 1.82) is 0 Å². The Morgan fingerprint density at radius 2 is 1.95 bits per heavy atom. The van der Waals surface area contributed by atoms with Crippen LogP contribution in [0.2, 0.25) is 0 Å². The topological polar surface area (TPSA) is 84.2 Å². The van der Waals surface area contributed by atoms with E-state index in [1.54, 1.807) is 22.9 Å². The van der Waals surface area contributed by atoms with Crippen LogP contribution in [0.25, 0.3) is 0 Å². The summed E-state index contributed by atoms with van der Waals surface area (Å²) in [5.41, 5.74) is 0.888. The first-order chi connectivity index (χ1) is 9.52. The third-order valence-electron chi connectivity index (χ3n) is 2.85. The molecule has 104 valence electrons. The Morgan fingerprint density at radius 3 is 2.55 bits per heavy atom. The number of anilines is 1. The van der Waals surface area contributed by atoms with Crippen LogP contribution in [-0.4, -0.2) is 26.8 Å². The summed E-state index contributed by atoms with van der Waals surface area (Å²) in [6, 6.07) is 7.84. The van der Waals surface area contributed by atoms with Crippen molar-refractivity contribution < 1.29 is 14.7 Å². The molecule has 1 heterocycles. The molecular weight excluding hydrogens is 258 g/mol. The molecule has 0 fully saturated rings. The van der Waals surface area contributed by atoms with Crippen LogP contribution < -0.4 is 5.32 Å². The molecule has 0 bridgehead atoms. The van der Waals surface area contributed by atoms with Gasteiger partial charge in [-0.15, -0.1) is 0 Å². The Kier molecular flexibility index (Phi) is 3.84. The van der Waals surface area contributed by atoms with Crippen molar-refractivity contribution in [1.82, 2.24) is 9.78 Å². The number of aromatic carboxylic acids is 1. The van der Waals surface area contributed by atoms with Crippen molar-refractivity contribution in [3.63, 3.8) is 0 Å². The average Bonchev–Trinajstić information content (AvgIpc) is 2.78. The molecule has 0 saturated heterocycles. The maximum absolute atomic E-state index is 12.2. The highest BCUT2D eigenvalue weighted by molar-refractivity contribution is 6.10. The molecule has 2 aromatic rings. The maximum atomic E-state index is 12.2. The van der Waals surface area contributed by atoms with Gasteiger partial charge in [-0.2, -0.15) is 5.10 Å². The molecule has 0 aliphatic heterocycles. The number of hydrogen-bond donors (Lipinski definition) is 2. The number of amides is 1. The molecule has 0 aliphatic rings. The van der Waals surface area contributed by atoms with Gasteiger partial charge in [0, 0.05) is 12.6 Å². The van der Waals surface area contributed by atoms with Gasteiger partial charge in [0.05, 0.1) is 16.8 Å². The Morgan fingerprint density at radius 1 is 1.30 bits per heavy atom. The molecule has 0 unspecified atom stereocenters. The number of carbonyl (C=O) groups excluding carboxylic acids is 1. The van der Waals surface area contributed by atoms with Gasteiger partial charge in [0.25, 0.3) is 5.91 Å².